The molecule has 0 bridgehead atoms. The van der Waals surface area contributed by atoms with Gasteiger partial charge in [-0.15, -0.1) is 0 Å². The van der Waals surface area contributed by atoms with Crippen molar-refractivity contribution in [3.63, 3.8) is 0 Å². The van der Waals surface area contributed by atoms with Gasteiger partial charge in [0.05, 0.1) is 16.8 Å². The molecule has 0 unspecified atom stereocenters. The van der Waals surface area contributed by atoms with E-state index in [1.165, 1.54) is 17.7 Å². The number of esters is 1. The van der Waals surface area contributed by atoms with Gasteiger partial charge < -0.3 is 4.74 Å². The van der Waals surface area contributed by atoms with Gasteiger partial charge in [-0.2, -0.15) is 0 Å². The van der Waals surface area contributed by atoms with E-state index in [-0.39, 0.29) is 6.61 Å². The van der Waals surface area contributed by atoms with Gasteiger partial charge in [-0.05, 0) is 50.3 Å². The number of aromatic nitrogens is 3. The normalized spacial score (nSPS) is 13.3. The molecule has 150 valence electrons. The van der Waals surface area contributed by atoms with Crippen LogP contribution < -0.4 is 11.2 Å². The summed E-state index contributed by atoms with van der Waals surface area (Å²) in [6.45, 7) is 1.83. The highest BCUT2D eigenvalue weighted by molar-refractivity contribution is 6.05. The van der Waals surface area contributed by atoms with Crippen molar-refractivity contribution in [2.75, 3.05) is 0 Å². The van der Waals surface area contributed by atoms with E-state index in [4.69, 9.17) is 9.72 Å². The van der Waals surface area contributed by atoms with E-state index in [2.05, 4.69) is 0 Å². The Bertz CT molecular complexity index is 1250. The maximum absolute atomic E-state index is 13.1. The van der Waals surface area contributed by atoms with Crippen LogP contribution >= 0.6 is 0 Å². The van der Waals surface area contributed by atoms with Crippen LogP contribution in [0.5, 0.6) is 0 Å². The summed E-state index contributed by atoms with van der Waals surface area (Å²) in [7, 11) is 2.97. The third kappa shape index (κ3) is 3.37. The molecule has 0 radical (unpaired) electrons. The van der Waals surface area contributed by atoms with Crippen LogP contribution in [0.3, 0.4) is 0 Å². The molecule has 2 heterocycles. The number of nitrogens with zero attached hydrogens (tertiary/aromatic N) is 3. The fourth-order valence-electron chi connectivity index (χ4n) is 3.90. The van der Waals surface area contributed by atoms with Crippen molar-refractivity contribution in [1.29, 1.82) is 0 Å². The lowest BCUT2D eigenvalue weighted by Crippen LogP contribution is -2.38. The van der Waals surface area contributed by atoms with E-state index < -0.39 is 17.2 Å². The fraction of sp³-hybridized carbons (Fsp3) is 0.364. The second kappa shape index (κ2) is 7.31. The van der Waals surface area contributed by atoms with E-state index in [1.807, 2.05) is 25.1 Å². The molecule has 1 aliphatic carbocycles. The Morgan fingerprint density at radius 1 is 1.10 bits per heavy atom. The smallest absolute Gasteiger partial charge is 0.339 e. The van der Waals surface area contributed by atoms with Crippen molar-refractivity contribution in [2.45, 2.75) is 39.2 Å². The summed E-state index contributed by atoms with van der Waals surface area (Å²) in [6.07, 6.45) is 3.71. The first kappa shape index (κ1) is 19.1. The highest BCUT2D eigenvalue weighted by atomic mass is 16.5. The Labute approximate surface area is 167 Å². The second-order valence-electron chi connectivity index (χ2n) is 7.59. The van der Waals surface area contributed by atoms with Crippen molar-refractivity contribution < 1.29 is 9.53 Å². The number of ether oxygens (including phenoxy) is 1. The van der Waals surface area contributed by atoms with Crippen molar-refractivity contribution in [3.05, 3.63) is 73.2 Å². The Hall–Kier alpha value is -3.22. The van der Waals surface area contributed by atoms with Gasteiger partial charge in [0.2, 0.25) is 0 Å². The van der Waals surface area contributed by atoms with Crippen LogP contribution in [0.1, 0.15) is 45.7 Å². The Morgan fingerprint density at radius 3 is 2.66 bits per heavy atom. The summed E-state index contributed by atoms with van der Waals surface area (Å²) in [4.78, 5) is 41.9. The van der Waals surface area contributed by atoms with Gasteiger partial charge in [0.1, 0.15) is 6.61 Å². The third-order valence-electron chi connectivity index (χ3n) is 5.60. The standard InChI is InChI=1S/C22H23N3O4/c1-13-8-9-18-16(10-13)20(15-6-4-5-7-17(15)23-18)21(27)29-12-14-11-19(26)25(3)22(28)24(14)2/h8-11H,4-7,12H2,1-3H3. The summed E-state index contributed by atoms with van der Waals surface area (Å²) in [5, 5.41) is 0.786. The molecule has 0 saturated heterocycles. The minimum atomic E-state index is -0.453. The first-order chi connectivity index (χ1) is 13.9. The summed E-state index contributed by atoms with van der Waals surface area (Å²) in [5.41, 5.74) is 3.77. The number of carbonyl (C=O) groups excluding carboxylic acids is 1. The van der Waals surface area contributed by atoms with Gasteiger partial charge in [-0.25, -0.2) is 9.59 Å². The van der Waals surface area contributed by atoms with Crippen molar-refractivity contribution in [3.8, 4) is 0 Å². The van der Waals surface area contributed by atoms with Gasteiger partial charge in [0, 0.05) is 31.2 Å². The zero-order chi connectivity index (χ0) is 20.7. The molecule has 4 rings (SSSR count). The molecule has 0 fully saturated rings. The fourth-order valence-corrected chi connectivity index (χ4v) is 3.90. The minimum Gasteiger partial charge on any atom is -0.456 e. The summed E-state index contributed by atoms with van der Waals surface area (Å²) < 4.78 is 7.92. The third-order valence-corrected chi connectivity index (χ3v) is 5.60. The van der Waals surface area contributed by atoms with Crippen LogP contribution in [-0.2, 0) is 38.3 Å². The van der Waals surface area contributed by atoms with Crippen LogP contribution in [0, 0.1) is 6.92 Å². The number of pyridine rings is 1. The predicted octanol–water partition coefficient (Wildman–Crippen LogP) is 2.18. The van der Waals surface area contributed by atoms with Crippen molar-refractivity contribution >= 4 is 16.9 Å². The van der Waals surface area contributed by atoms with E-state index in [1.54, 1.807) is 7.05 Å². The van der Waals surface area contributed by atoms with E-state index in [9.17, 15) is 14.4 Å². The molecular formula is C22H23N3O4. The number of benzene rings is 1. The lowest BCUT2D eigenvalue weighted by Gasteiger charge is -2.20. The average Bonchev–Trinajstić information content (AvgIpc) is 2.72. The van der Waals surface area contributed by atoms with Crippen LogP contribution in [0.4, 0.5) is 0 Å². The SMILES string of the molecule is Cc1ccc2nc3c(c(C(=O)OCc4cc(=O)n(C)c(=O)n4C)c2c1)CCCC3. The van der Waals surface area contributed by atoms with Gasteiger partial charge in [-0.1, -0.05) is 11.6 Å². The molecule has 1 aliphatic rings. The zero-order valence-electron chi connectivity index (χ0n) is 16.8. The quantitative estimate of drug-likeness (QED) is 0.637. The van der Waals surface area contributed by atoms with Crippen molar-refractivity contribution in [1.82, 2.24) is 14.1 Å². The zero-order valence-corrected chi connectivity index (χ0v) is 16.8. The Kier molecular flexibility index (Phi) is 4.82. The molecule has 0 amide bonds. The van der Waals surface area contributed by atoms with Gasteiger partial charge in [0.15, 0.2) is 0 Å². The number of hydrogen-bond acceptors (Lipinski definition) is 5. The van der Waals surface area contributed by atoms with Gasteiger partial charge in [0.25, 0.3) is 5.56 Å². The number of carbonyl (C=O) groups is 1. The monoisotopic (exact) mass is 393 g/mol. The largest absolute Gasteiger partial charge is 0.456 e. The second-order valence-corrected chi connectivity index (χ2v) is 7.59. The highest BCUT2D eigenvalue weighted by Gasteiger charge is 2.24. The van der Waals surface area contributed by atoms with Crippen LogP contribution in [0.2, 0.25) is 0 Å². The van der Waals surface area contributed by atoms with E-state index >= 15 is 0 Å². The lowest BCUT2D eigenvalue weighted by atomic mass is 9.89. The molecule has 0 saturated carbocycles. The molecule has 0 atom stereocenters. The maximum Gasteiger partial charge on any atom is 0.339 e. The summed E-state index contributed by atoms with van der Waals surface area (Å²) in [5.74, 6) is -0.450. The van der Waals surface area contributed by atoms with Crippen LogP contribution in [0.25, 0.3) is 10.9 Å². The topological polar surface area (TPSA) is 83.2 Å². The Balaban J connectivity index is 1.75. The van der Waals surface area contributed by atoms with E-state index in [0.29, 0.717) is 11.3 Å². The molecule has 29 heavy (non-hydrogen) atoms. The van der Waals surface area contributed by atoms with E-state index in [0.717, 1.165) is 58.0 Å². The van der Waals surface area contributed by atoms with Gasteiger partial charge in [-0.3, -0.25) is 18.9 Å². The summed E-state index contributed by atoms with van der Waals surface area (Å²) in [6, 6.07) is 7.19. The van der Waals surface area contributed by atoms with Crippen LogP contribution in [0.15, 0.2) is 33.9 Å². The molecule has 0 spiro atoms. The first-order valence-electron chi connectivity index (χ1n) is 9.72. The molecular weight excluding hydrogens is 370 g/mol. The molecule has 3 aromatic rings. The molecule has 0 N–H and O–H groups in total. The predicted molar refractivity (Wildman–Crippen MR) is 109 cm³/mol. The van der Waals surface area contributed by atoms with Gasteiger partial charge >= 0.3 is 11.7 Å². The number of fused-ring (bicyclic) bond motifs is 2. The van der Waals surface area contributed by atoms with Crippen molar-refractivity contribution in [2.24, 2.45) is 14.1 Å². The molecule has 0 aliphatic heterocycles. The number of aryl methyl sites for hydroxylation is 2. The molecule has 1 aromatic carbocycles. The Morgan fingerprint density at radius 2 is 1.86 bits per heavy atom. The minimum absolute atomic E-state index is 0.148. The summed E-state index contributed by atoms with van der Waals surface area (Å²) >= 11 is 0. The van der Waals surface area contributed by atoms with Crippen LogP contribution in [-0.4, -0.2) is 20.1 Å². The molecule has 7 heteroatoms. The molecule has 2 aromatic heterocycles. The highest BCUT2D eigenvalue weighted by Crippen LogP contribution is 2.30. The lowest BCUT2D eigenvalue weighted by molar-refractivity contribution is 0.0463. The number of hydrogen-bond donors (Lipinski definition) is 0. The number of rotatable bonds is 3. The first-order valence-corrected chi connectivity index (χ1v) is 9.72. The maximum atomic E-state index is 13.1. The average molecular weight is 393 g/mol. The molecule has 7 nitrogen and oxygen atoms in total.